The van der Waals surface area contributed by atoms with E-state index < -0.39 is 29.5 Å². The smallest absolute Gasteiger partial charge is 0.350 e. The van der Waals surface area contributed by atoms with Crippen LogP contribution in [0, 0.1) is 20.8 Å². The Morgan fingerprint density at radius 3 is 2.36 bits per heavy atom. The van der Waals surface area contributed by atoms with E-state index >= 15 is 0 Å². The van der Waals surface area contributed by atoms with Gasteiger partial charge in [-0.3, -0.25) is 14.5 Å². The van der Waals surface area contributed by atoms with Gasteiger partial charge in [-0.25, -0.2) is 14.8 Å². The molecule has 1 aliphatic heterocycles. The number of hydrogen-bond acceptors (Lipinski definition) is 10. The topological polar surface area (TPSA) is 130 Å². The zero-order chi connectivity index (χ0) is 24.0. The number of aromatic hydroxyl groups is 1. The van der Waals surface area contributed by atoms with Crippen LogP contribution in [0.1, 0.15) is 47.3 Å². The van der Waals surface area contributed by atoms with E-state index in [9.17, 15) is 24.6 Å². The maximum atomic E-state index is 13.5. The highest BCUT2D eigenvalue weighted by atomic mass is 32.1. The number of hydrogen-bond donors (Lipinski definition) is 2. The minimum atomic E-state index is -1.07. The Kier molecular flexibility index (Phi) is 5.76. The lowest BCUT2D eigenvalue weighted by atomic mass is 9.95. The zero-order valence-electron chi connectivity index (χ0n) is 18.1. The Bertz CT molecular complexity index is 1340. The van der Waals surface area contributed by atoms with Gasteiger partial charge in [0.25, 0.3) is 5.91 Å². The molecule has 0 bridgehead atoms. The summed E-state index contributed by atoms with van der Waals surface area (Å²) in [6.07, 6.45) is 0. The highest BCUT2D eigenvalue weighted by molar-refractivity contribution is 7.17. The number of aliphatic hydroxyl groups is 1. The standard InChI is InChI=1S/C22H19N3O6S2/c1-9-18(32-11(3)23-9)16(27)14-15(12-6-5-7-13(26)8-12)25(20(29)17(14)28)22-24-10(2)19(33-22)21(30)31-4/h5-8,15,26,28H,1-4H3. The molecule has 170 valence electrons. The molecule has 1 aromatic carbocycles. The molecule has 0 saturated carbocycles. The molecule has 11 heteroatoms. The van der Waals surface area contributed by atoms with Crippen molar-refractivity contribution in [3.63, 3.8) is 0 Å². The number of amides is 1. The lowest BCUT2D eigenvalue weighted by molar-refractivity contribution is -0.117. The molecule has 0 aliphatic carbocycles. The first-order valence-corrected chi connectivity index (χ1v) is 11.4. The average molecular weight is 486 g/mol. The van der Waals surface area contributed by atoms with Crippen LogP contribution >= 0.6 is 22.7 Å². The summed E-state index contributed by atoms with van der Waals surface area (Å²) in [5, 5.41) is 21.7. The van der Waals surface area contributed by atoms with Crippen molar-refractivity contribution in [3.05, 3.63) is 67.3 Å². The highest BCUT2D eigenvalue weighted by Gasteiger charge is 2.47. The van der Waals surface area contributed by atoms with Gasteiger partial charge in [0.15, 0.2) is 10.9 Å². The van der Waals surface area contributed by atoms with Gasteiger partial charge in [0.1, 0.15) is 10.6 Å². The number of aromatic nitrogens is 2. The van der Waals surface area contributed by atoms with Gasteiger partial charge in [-0.2, -0.15) is 0 Å². The van der Waals surface area contributed by atoms with Gasteiger partial charge in [-0.15, -0.1) is 11.3 Å². The molecule has 33 heavy (non-hydrogen) atoms. The molecule has 0 spiro atoms. The minimum Gasteiger partial charge on any atom is -0.508 e. The molecule has 2 N–H and O–H groups in total. The maximum absolute atomic E-state index is 13.5. The van der Waals surface area contributed by atoms with Crippen molar-refractivity contribution in [2.45, 2.75) is 26.8 Å². The van der Waals surface area contributed by atoms with E-state index in [0.717, 1.165) is 27.6 Å². The van der Waals surface area contributed by atoms with Crippen molar-refractivity contribution in [2.24, 2.45) is 0 Å². The van der Waals surface area contributed by atoms with Crippen LogP contribution in [0.5, 0.6) is 5.75 Å². The fourth-order valence-electron chi connectivity index (χ4n) is 3.68. The third-order valence-corrected chi connectivity index (χ3v) is 7.32. The second-order valence-corrected chi connectivity index (χ2v) is 9.49. The molecule has 0 radical (unpaired) electrons. The number of aryl methyl sites for hydroxylation is 3. The fourth-order valence-corrected chi connectivity index (χ4v) is 5.56. The van der Waals surface area contributed by atoms with Crippen LogP contribution in [0.15, 0.2) is 35.6 Å². The molecular weight excluding hydrogens is 466 g/mol. The van der Waals surface area contributed by atoms with Crippen LogP contribution in [-0.4, -0.2) is 45.0 Å². The number of carbonyl (C=O) groups excluding carboxylic acids is 3. The number of esters is 1. The first-order chi connectivity index (χ1) is 15.6. The van der Waals surface area contributed by atoms with Crippen LogP contribution in [0.3, 0.4) is 0 Å². The van der Waals surface area contributed by atoms with Gasteiger partial charge in [-0.1, -0.05) is 23.5 Å². The van der Waals surface area contributed by atoms with Crippen molar-refractivity contribution in [2.75, 3.05) is 12.0 Å². The van der Waals surface area contributed by atoms with E-state index in [1.54, 1.807) is 32.9 Å². The number of anilines is 1. The molecular formula is C22H19N3O6S2. The number of aliphatic hydroxyl groups excluding tert-OH is 1. The number of ketones is 1. The third kappa shape index (κ3) is 3.79. The predicted octanol–water partition coefficient (Wildman–Crippen LogP) is 3.80. The van der Waals surface area contributed by atoms with E-state index in [0.29, 0.717) is 26.8 Å². The Hall–Kier alpha value is -3.57. The number of carbonyl (C=O) groups is 3. The van der Waals surface area contributed by atoms with E-state index in [-0.39, 0.29) is 21.3 Å². The van der Waals surface area contributed by atoms with Gasteiger partial charge < -0.3 is 14.9 Å². The summed E-state index contributed by atoms with van der Waals surface area (Å²) >= 11 is 2.08. The van der Waals surface area contributed by atoms with Crippen molar-refractivity contribution in [1.29, 1.82) is 0 Å². The summed E-state index contributed by atoms with van der Waals surface area (Å²) in [5.41, 5.74) is 1.07. The van der Waals surface area contributed by atoms with Crippen LogP contribution < -0.4 is 4.90 Å². The van der Waals surface area contributed by atoms with Gasteiger partial charge in [-0.05, 0) is 38.5 Å². The largest absolute Gasteiger partial charge is 0.508 e. The second-order valence-electron chi connectivity index (χ2n) is 7.31. The Balaban J connectivity index is 1.90. The Morgan fingerprint density at radius 2 is 1.76 bits per heavy atom. The van der Waals surface area contributed by atoms with E-state index in [1.807, 2.05) is 0 Å². The second kappa shape index (κ2) is 8.41. The zero-order valence-corrected chi connectivity index (χ0v) is 19.7. The molecule has 1 amide bonds. The molecule has 3 heterocycles. The average Bonchev–Trinajstić information content (AvgIpc) is 3.40. The number of nitrogens with zero attached hydrogens (tertiary/aromatic N) is 3. The van der Waals surface area contributed by atoms with Gasteiger partial charge in [0.2, 0.25) is 5.78 Å². The highest BCUT2D eigenvalue weighted by Crippen LogP contribution is 2.44. The predicted molar refractivity (Wildman–Crippen MR) is 122 cm³/mol. The lowest BCUT2D eigenvalue weighted by Gasteiger charge is -2.24. The summed E-state index contributed by atoms with van der Waals surface area (Å²) < 4.78 is 4.78. The van der Waals surface area contributed by atoms with E-state index in [2.05, 4.69) is 9.97 Å². The first-order valence-electron chi connectivity index (χ1n) is 9.74. The quantitative estimate of drug-likeness (QED) is 0.412. The summed E-state index contributed by atoms with van der Waals surface area (Å²) in [5.74, 6) is -2.78. The normalized spacial score (nSPS) is 15.9. The molecule has 1 atom stereocenters. The molecule has 0 saturated heterocycles. The lowest BCUT2D eigenvalue weighted by Crippen LogP contribution is -2.31. The van der Waals surface area contributed by atoms with Crippen molar-refractivity contribution in [1.82, 2.24) is 9.97 Å². The molecule has 1 aliphatic rings. The number of ether oxygens (including phenoxy) is 1. The number of Topliss-reactive ketones (excluding diaryl/α,β-unsaturated/α-hetero) is 1. The number of methoxy groups -OCH3 is 1. The molecule has 9 nitrogen and oxygen atoms in total. The monoisotopic (exact) mass is 485 g/mol. The molecule has 1 unspecified atom stereocenters. The van der Waals surface area contributed by atoms with Crippen molar-refractivity contribution >= 4 is 45.5 Å². The van der Waals surface area contributed by atoms with Crippen molar-refractivity contribution in [3.8, 4) is 5.75 Å². The van der Waals surface area contributed by atoms with Crippen molar-refractivity contribution < 1.29 is 29.3 Å². The Morgan fingerprint density at radius 1 is 1.06 bits per heavy atom. The summed E-state index contributed by atoms with van der Waals surface area (Å²) in [4.78, 5) is 49.1. The SMILES string of the molecule is COC(=O)c1sc(N2C(=O)C(O)=C(C(=O)c3sc(C)nc3C)C2c2cccc(O)c2)nc1C. The fraction of sp³-hybridized carbons (Fsp3) is 0.227. The van der Waals surface area contributed by atoms with Crippen LogP contribution in [-0.2, 0) is 9.53 Å². The van der Waals surface area contributed by atoms with Crippen LogP contribution in [0.2, 0.25) is 0 Å². The molecule has 2 aromatic heterocycles. The molecule has 0 fully saturated rings. The van der Waals surface area contributed by atoms with Crippen LogP contribution in [0.4, 0.5) is 5.13 Å². The number of phenols is 1. The molecule has 3 aromatic rings. The maximum Gasteiger partial charge on any atom is 0.350 e. The molecule has 4 rings (SSSR count). The summed E-state index contributed by atoms with van der Waals surface area (Å²) in [6, 6.07) is 4.98. The van der Waals surface area contributed by atoms with Gasteiger partial charge >= 0.3 is 5.97 Å². The van der Waals surface area contributed by atoms with E-state index in [1.165, 1.54) is 19.2 Å². The van der Waals surface area contributed by atoms with Gasteiger partial charge in [0.05, 0.1) is 40.0 Å². The van der Waals surface area contributed by atoms with Gasteiger partial charge in [0, 0.05) is 0 Å². The number of rotatable bonds is 5. The summed E-state index contributed by atoms with van der Waals surface area (Å²) in [7, 11) is 1.24. The number of benzene rings is 1. The van der Waals surface area contributed by atoms with Crippen LogP contribution in [0.25, 0.3) is 0 Å². The third-order valence-electron chi connectivity index (χ3n) is 5.11. The Labute approximate surface area is 196 Å². The number of phenolic OH excluding ortho intramolecular Hbond substituents is 1. The number of thiazole rings is 2. The summed E-state index contributed by atoms with van der Waals surface area (Å²) in [6.45, 7) is 5.03. The first kappa shape index (κ1) is 22.6. The van der Waals surface area contributed by atoms with E-state index in [4.69, 9.17) is 4.74 Å². The minimum absolute atomic E-state index is 0.0755.